The highest BCUT2D eigenvalue weighted by Gasteiger charge is 1.68. The lowest BCUT2D eigenvalue weighted by Crippen LogP contribution is -1.77. The second kappa shape index (κ2) is 5.40. The lowest BCUT2D eigenvalue weighted by Gasteiger charge is -1.76. The third-order valence-corrected chi connectivity index (χ3v) is 0.436. The Morgan fingerprint density at radius 2 is 2.43 bits per heavy atom. The van der Waals surface area contributed by atoms with Gasteiger partial charge < -0.3 is 0 Å². The molecule has 0 aromatic carbocycles. The third-order valence-electron chi connectivity index (χ3n) is 0.436. The van der Waals surface area contributed by atoms with Crippen LogP contribution in [-0.4, -0.2) is 6.61 Å². The topological polar surface area (TPSA) is 29.1 Å². The molecule has 0 aliphatic rings. The van der Waals surface area contributed by atoms with E-state index in [0.29, 0.717) is 0 Å². The van der Waals surface area contributed by atoms with Crippen LogP contribution in [0.1, 0.15) is 0 Å². The molecule has 0 N–H and O–H groups in total. The Hall–Kier alpha value is -0.600. The molecule has 2 heteroatoms. The van der Waals surface area contributed by atoms with Crippen LogP contribution in [0.15, 0.2) is 24.8 Å². The van der Waals surface area contributed by atoms with Crippen molar-refractivity contribution in [2.75, 3.05) is 6.61 Å². The van der Waals surface area contributed by atoms with E-state index in [-0.39, 0.29) is 6.61 Å². The smallest absolute Gasteiger partial charge is 0.104 e. The predicted molar refractivity (Wildman–Crippen MR) is 26.0 cm³/mol. The van der Waals surface area contributed by atoms with Crippen LogP contribution in [0.5, 0.6) is 0 Å². The minimum absolute atomic E-state index is 0.117. The summed E-state index contributed by atoms with van der Waals surface area (Å²) in [5.74, 6) is 0. The molecule has 7 heavy (non-hydrogen) atoms. The summed E-state index contributed by atoms with van der Waals surface area (Å²) in [6.07, 6.45) is 4.82. The molecule has 39 valence electrons. The van der Waals surface area contributed by atoms with Gasteiger partial charge in [-0.25, -0.2) is 0 Å². The van der Waals surface area contributed by atoms with Gasteiger partial charge in [0.2, 0.25) is 0 Å². The van der Waals surface area contributed by atoms with Crippen molar-refractivity contribution in [1.29, 1.82) is 0 Å². The van der Waals surface area contributed by atoms with Crippen molar-refractivity contribution in [3.05, 3.63) is 24.8 Å². The van der Waals surface area contributed by atoms with Gasteiger partial charge in [-0.2, -0.15) is 4.89 Å². The lowest BCUT2D eigenvalue weighted by molar-refractivity contribution is -0.294. The molecule has 0 aliphatic carbocycles. The Balaban J connectivity index is 2.92. The molecule has 0 saturated heterocycles. The Morgan fingerprint density at radius 3 is 2.86 bits per heavy atom. The standard InChI is InChI=1S/C5H7O2/c1-2-3-4-5-7-6/h2-4H,1,5H2/b4-3+. The summed E-state index contributed by atoms with van der Waals surface area (Å²) in [6.45, 7) is 3.51. The van der Waals surface area contributed by atoms with Crippen molar-refractivity contribution >= 4 is 0 Å². The van der Waals surface area contributed by atoms with E-state index in [4.69, 9.17) is 0 Å². The second-order valence-electron chi connectivity index (χ2n) is 0.948. The highest BCUT2D eigenvalue weighted by molar-refractivity contribution is 4.96. The van der Waals surface area contributed by atoms with E-state index in [2.05, 4.69) is 11.5 Å². The van der Waals surface area contributed by atoms with Crippen molar-refractivity contribution < 1.29 is 10.1 Å². The van der Waals surface area contributed by atoms with Gasteiger partial charge in [0.1, 0.15) is 6.61 Å². The summed E-state index contributed by atoms with van der Waals surface area (Å²) in [7, 11) is 0. The van der Waals surface area contributed by atoms with Crippen LogP contribution in [0, 0.1) is 0 Å². The zero-order valence-corrected chi connectivity index (χ0v) is 3.96. The molecular weight excluding hydrogens is 92.1 g/mol. The maximum atomic E-state index is 9.22. The molecule has 0 unspecified atom stereocenters. The van der Waals surface area contributed by atoms with E-state index in [9.17, 15) is 5.26 Å². The molecule has 2 nitrogen and oxygen atoms in total. The number of hydrogen-bond acceptors (Lipinski definition) is 1. The van der Waals surface area contributed by atoms with Gasteiger partial charge in [0.25, 0.3) is 0 Å². The van der Waals surface area contributed by atoms with Crippen molar-refractivity contribution in [3.63, 3.8) is 0 Å². The molecule has 0 atom stereocenters. The molecule has 0 aliphatic heterocycles. The number of rotatable bonds is 3. The summed E-state index contributed by atoms with van der Waals surface area (Å²) >= 11 is 0. The van der Waals surface area contributed by atoms with Crippen molar-refractivity contribution in [3.8, 4) is 0 Å². The van der Waals surface area contributed by atoms with Gasteiger partial charge in [-0.05, 0) is 5.26 Å². The molecule has 0 aromatic rings. The first kappa shape index (κ1) is 6.40. The molecule has 0 bridgehead atoms. The average molecular weight is 99.1 g/mol. The lowest BCUT2D eigenvalue weighted by atomic mass is 10.5. The number of hydrogen-bond donors (Lipinski definition) is 0. The van der Waals surface area contributed by atoms with Gasteiger partial charge in [0.15, 0.2) is 0 Å². The fraction of sp³-hybridized carbons (Fsp3) is 0.200. The largest absolute Gasteiger partial charge is 0.200 e. The fourth-order valence-corrected chi connectivity index (χ4v) is 0.191. The van der Waals surface area contributed by atoms with Gasteiger partial charge in [-0.15, -0.1) is 0 Å². The van der Waals surface area contributed by atoms with E-state index in [1.54, 1.807) is 18.2 Å². The van der Waals surface area contributed by atoms with Crippen LogP contribution >= 0.6 is 0 Å². The van der Waals surface area contributed by atoms with Gasteiger partial charge in [0.05, 0.1) is 0 Å². The Labute approximate surface area is 42.7 Å². The maximum Gasteiger partial charge on any atom is 0.104 e. The minimum Gasteiger partial charge on any atom is -0.200 e. The zero-order chi connectivity index (χ0) is 5.54. The van der Waals surface area contributed by atoms with Gasteiger partial charge in [-0.1, -0.05) is 24.8 Å². The van der Waals surface area contributed by atoms with E-state index in [1.165, 1.54) is 0 Å². The van der Waals surface area contributed by atoms with Crippen LogP contribution in [0.25, 0.3) is 0 Å². The van der Waals surface area contributed by atoms with E-state index in [0.717, 1.165) is 0 Å². The first-order valence-corrected chi connectivity index (χ1v) is 1.94. The molecule has 1 radical (unpaired) electrons. The van der Waals surface area contributed by atoms with Crippen molar-refractivity contribution in [2.24, 2.45) is 0 Å². The van der Waals surface area contributed by atoms with E-state index >= 15 is 0 Å². The summed E-state index contributed by atoms with van der Waals surface area (Å²) in [5, 5.41) is 9.22. The zero-order valence-electron chi connectivity index (χ0n) is 3.96. The summed E-state index contributed by atoms with van der Waals surface area (Å²) in [6, 6.07) is 0. The Kier molecular flexibility index (Phi) is 4.94. The molecular formula is C5H7O2. The molecule has 0 aromatic heterocycles. The van der Waals surface area contributed by atoms with Gasteiger partial charge in [-0.3, -0.25) is 0 Å². The monoisotopic (exact) mass is 99.0 g/mol. The molecule has 0 fully saturated rings. The second-order valence-corrected chi connectivity index (χ2v) is 0.948. The highest BCUT2D eigenvalue weighted by Crippen LogP contribution is 1.72. The van der Waals surface area contributed by atoms with Crippen LogP contribution in [0.3, 0.4) is 0 Å². The highest BCUT2D eigenvalue weighted by atomic mass is 17.1. The number of allylic oxidation sites excluding steroid dienone is 2. The normalized spacial score (nSPS) is 9.86. The van der Waals surface area contributed by atoms with E-state index in [1.807, 2.05) is 0 Å². The van der Waals surface area contributed by atoms with E-state index < -0.39 is 0 Å². The Morgan fingerprint density at radius 1 is 1.71 bits per heavy atom. The third kappa shape index (κ3) is 5.40. The minimum atomic E-state index is 0.117. The molecule has 0 rings (SSSR count). The predicted octanol–water partition coefficient (Wildman–Crippen LogP) is 1.09. The molecule has 0 spiro atoms. The SMILES string of the molecule is C=C/C=C/CO[O]. The summed E-state index contributed by atoms with van der Waals surface area (Å²) in [5.41, 5.74) is 0. The van der Waals surface area contributed by atoms with Gasteiger partial charge >= 0.3 is 0 Å². The molecule has 0 amide bonds. The maximum absolute atomic E-state index is 9.22. The molecule has 0 heterocycles. The van der Waals surface area contributed by atoms with Crippen LogP contribution in [-0.2, 0) is 10.1 Å². The van der Waals surface area contributed by atoms with Crippen molar-refractivity contribution in [2.45, 2.75) is 0 Å². The Bertz CT molecular complexity index is 66.5. The summed E-state index contributed by atoms with van der Waals surface area (Å²) in [4.78, 5) is 3.46. The summed E-state index contributed by atoms with van der Waals surface area (Å²) < 4.78 is 0. The van der Waals surface area contributed by atoms with Crippen LogP contribution in [0.2, 0.25) is 0 Å². The first-order valence-electron chi connectivity index (χ1n) is 1.94. The first-order chi connectivity index (χ1) is 3.41. The van der Waals surface area contributed by atoms with Crippen molar-refractivity contribution in [1.82, 2.24) is 0 Å². The van der Waals surface area contributed by atoms with Crippen LogP contribution in [0.4, 0.5) is 0 Å². The quantitative estimate of drug-likeness (QED) is 0.296. The average Bonchev–Trinajstić information content (AvgIpc) is 1.69. The van der Waals surface area contributed by atoms with Crippen LogP contribution < -0.4 is 0 Å². The van der Waals surface area contributed by atoms with Gasteiger partial charge in [0, 0.05) is 0 Å². The fourth-order valence-electron chi connectivity index (χ4n) is 0.191. The molecule has 0 saturated carbocycles.